The van der Waals surface area contributed by atoms with E-state index in [1.807, 2.05) is 0 Å². The van der Waals surface area contributed by atoms with Crippen LogP contribution >= 0.6 is 0 Å². The van der Waals surface area contributed by atoms with Gasteiger partial charge in [-0.25, -0.2) is 0 Å². The van der Waals surface area contributed by atoms with E-state index >= 15 is 0 Å². The van der Waals surface area contributed by atoms with Crippen LogP contribution in [0.2, 0.25) is 0 Å². The van der Waals surface area contributed by atoms with Crippen LogP contribution in [0.4, 0.5) is 0 Å². The number of carbonyl (C=O) groups is 1. The number of rotatable bonds is 16. The maximum absolute atomic E-state index is 10.4. The van der Waals surface area contributed by atoms with Crippen LogP contribution in [-0.2, 0) is 19.0 Å². The van der Waals surface area contributed by atoms with Gasteiger partial charge in [0.05, 0.1) is 13.2 Å². The van der Waals surface area contributed by atoms with Gasteiger partial charge in [0.15, 0.2) is 0 Å². The zero-order valence-electron chi connectivity index (χ0n) is 13.3. The molecule has 4 heteroatoms. The summed E-state index contributed by atoms with van der Waals surface area (Å²) in [6, 6.07) is 0. The molecule has 120 valence electrons. The summed E-state index contributed by atoms with van der Waals surface area (Å²) in [5, 5.41) is 0. The summed E-state index contributed by atoms with van der Waals surface area (Å²) >= 11 is 0. The molecule has 0 amide bonds. The standard InChI is InChI=1S/C16H32O4/c1-3-5-7-9-11-18-13-16(20-15-17)14-19-12-10-8-6-4-2/h15-16H,3-14H2,1-2H3. The number of hydrogen-bond acceptors (Lipinski definition) is 4. The predicted octanol–water partition coefficient (Wildman–Crippen LogP) is 3.72. The van der Waals surface area contributed by atoms with Gasteiger partial charge in [0.1, 0.15) is 6.10 Å². The summed E-state index contributed by atoms with van der Waals surface area (Å²) < 4.78 is 16.0. The van der Waals surface area contributed by atoms with Gasteiger partial charge in [-0.1, -0.05) is 52.4 Å². The summed E-state index contributed by atoms with van der Waals surface area (Å²) in [6.07, 6.45) is 9.21. The highest BCUT2D eigenvalue weighted by Gasteiger charge is 2.09. The van der Waals surface area contributed by atoms with Gasteiger partial charge in [-0.15, -0.1) is 0 Å². The maximum Gasteiger partial charge on any atom is 0.293 e. The fourth-order valence-corrected chi connectivity index (χ4v) is 1.90. The molecule has 0 spiro atoms. The SMILES string of the molecule is CCCCCCOCC(COCCCCCC)OC=O. The van der Waals surface area contributed by atoms with Crippen LogP contribution in [0, 0.1) is 0 Å². The first-order valence-corrected chi connectivity index (χ1v) is 8.09. The molecule has 0 aliphatic carbocycles. The van der Waals surface area contributed by atoms with Crippen LogP contribution in [0.15, 0.2) is 0 Å². The van der Waals surface area contributed by atoms with Crippen LogP contribution in [0.5, 0.6) is 0 Å². The first-order valence-electron chi connectivity index (χ1n) is 8.09. The Morgan fingerprint density at radius 1 is 0.800 bits per heavy atom. The average molecular weight is 288 g/mol. The molecule has 4 nitrogen and oxygen atoms in total. The molecular formula is C16H32O4. The third kappa shape index (κ3) is 13.8. The molecule has 0 rings (SSSR count). The summed E-state index contributed by atoms with van der Waals surface area (Å²) in [4.78, 5) is 10.4. The summed E-state index contributed by atoms with van der Waals surface area (Å²) in [7, 11) is 0. The van der Waals surface area contributed by atoms with E-state index < -0.39 is 0 Å². The molecule has 0 aromatic rings. The third-order valence-corrected chi connectivity index (χ3v) is 3.14. The van der Waals surface area contributed by atoms with Crippen molar-refractivity contribution in [3.8, 4) is 0 Å². The Bertz CT molecular complexity index is 181. The highest BCUT2D eigenvalue weighted by molar-refractivity contribution is 5.37. The molecule has 0 unspecified atom stereocenters. The van der Waals surface area contributed by atoms with Gasteiger partial charge in [0.25, 0.3) is 6.47 Å². The normalized spacial score (nSPS) is 10.9. The highest BCUT2D eigenvalue weighted by atomic mass is 16.6. The number of ether oxygens (including phenoxy) is 3. The molecule has 0 radical (unpaired) electrons. The molecule has 0 atom stereocenters. The number of carbonyl (C=O) groups excluding carboxylic acids is 1. The lowest BCUT2D eigenvalue weighted by atomic mass is 10.2. The van der Waals surface area contributed by atoms with Crippen molar-refractivity contribution in [3.05, 3.63) is 0 Å². The smallest absolute Gasteiger partial charge is 0.293 e. The largest absolute Gasteiger partial charge is 0.460 e. The molecule has 0 aromatic carbocycles. The van der Waals surface area contributed by atoms with Crippen LogP contribution < -0.4 is 0 Å². The Morgan fingerprint density at radius 3 is 1.70 bits per heavy atom. The van der Waals surface area contributed by atoms with Gasteiger partial charge in [-0.3, -0.25) is 4.79 Å². The van der Waals surface area contributed by atoms with E-state index in [4.69, 9.17) is 14.2 Å². The molecule has 0 heterocycles. The lowest BCUT2D eigenvalue weighted by molar-refractivity contribution is -0.140. The van der Waals surface area contributed by atoms with Crippen LogP contribution in [0.1, 0.15) is 65.2 Å². The summed E-state index contributed by atoms with van der Waals surface area (Å²) in [5.74, 6) is 0. The van der Waals surface area contributed by atoms with Gasteiger partial charge in [0, 0.05) is 13.2 Å². The van der Waals surface area contributed by atoms with Gasteiger partial charge < -0.3 is 14.2 Å². The molecular weight excluding hydrogens is 256 g/mol. The van der Waals surface area contributed by atoms with E-state index in [1.165, 1.54) is 38.5 Å². The Hall–Kier alpha value is -0.610. The van der Waals surface area contributed by atoms with Crippen molar-refractivity contribution >= 4 is 6.47 Å². The van der Waals surface area contributed by atoms with Crippen molar-refractivity contribution in [3.63, 3.8) is 0 Å². The van der Waals surface area contributed by atoms with E-state index in [1.54, 1.807) is 0 Å². The quantitative estimate of drug-likeness (QED) is 0.321. The second kappa shape index (κ2) is 16.4. The fourth-order valence-electron chi connectivity index (χ4n) is 1.90. The Morgan fingerprint density at radius 2 is 1.30 bits per heavy atom. The maximum atomic E-state index is 10.4. The first-order chi connectivity index (χ1) is 9.85. The minimum absolute atomic E-state index is 0.273. The van der Waals surface area contributed by atoms with Gasteiger partial charge >= 0.3 is 0 Å². The van der Waals surface area contributed by atoms with E-state index in [9.17, 15) is 4.79 Å². The van der Waals surface area contributed by atoms with E-state index in [0.717, 1.165) is 26.1 Å². The highest BCUT2D eigenvalue weighted by Crippen LogP contribution is 2.02. The van der Waals surface area contributed by atoms with E-state index in [0.29, 0.717) is 19.7 Å². The van der Waals surface area contributed by atoms with Crippen molar-refractivity contribution < 1.29 is 19.0 Å². The van der Waals surface area contributed by atoms with E-state index in [-0.39, 0.29) is 6.10 Å². The zero-order valence-corrected chi connectivity index (χ0v) is 13.3. The zero-order chi connectivity index (χ0) is 14.9. The van der Waals surface area contributed by atoms with Crippen molar-refractivity contribution in [1.82, 2.24) is 0 Å². The minimum atomic E-state index is -0.273. The molecule has 0 saturated heterocycles. The first kappa shape index (κ1) is 19.4. The van der Waals surface area contributed by atoms with Gasteiger partial charge in [0.2, 0.25) is 0 Å². The monoisotopic (exact) mass is 288 g/mol. The van der Waals surface area contributed by atoms with Crippen LogP contribution in [-0.4, -0.2) is 39.0 Å². The van der Waals surface area contributed by atoms with Crippen molar-refractivity contribution in [2.45, 2.75) is 71.3 Å². The molecule has 0 bridgehead atoms. The minimum Gasteiger partial charge on any atom is -0.460 e. The van der Waals surface area contributed by atoms with Crippen molar-refractivity contribution in [1.29, 1.82) is 0 Å². The van der Waals surface area contributed by atoms with E-state index in [2.05, 4.69) is 13.8 Å². The molecule has 0 aliphatic rings. The van der Waals surface area contributed by atoms with Crippen LogP contribution in [0.3, 0.4) is 0 Å². The second-order valence-electron chi connectivity index (χ2n) is 5.13. The lowest BCUT2D eigenvalue weighted by Crippen LogP contribution is -2.25. The van der Waals surface area contributed by atoms with Gasteiger partial charge in [-0.2, -0.15) is 0 Å². The van der Waals surface area contributed by atoms with Crippen molar-refractivity contribution in [2.75, 3.05) is 26.4 Å². The molecule has 0 fully saturated rings. The Kier molecular flexibility index (Phi) is 15.9. The second-order valence-corrected chi connectivity index (χ2v) is 5.13. The molecule has 0 aliphatic heterocycles. The summed E-state index contributed by atoms with van der Waals surface area (Å²) in [6.45, 7) is 7.18. The third-order valence-electron chi connectivity index (χ3n) is 3.14. The fraction of sp³-hybridized carbons (Fsp3) is 0.938. The molecule has 20 heavy (non-hydrogen) atoms. The molecule has 0 aromatic heterocycles. The summed E-state index contributed by atoms with van der Waals surface area (Å²) in [5.41, 5.74) is 0. The van der Waals surface area contributed by atoms with Gasteiger partial charge in [-0.05, 0) is 12.8 Å². The number of hydrogen-bond donors (Lipinski definition) is 0. The number of unbranched alkanes of at least 4 members (excludes halogenated alkanes) is 6. The topological polar surface area (TPSA) is 44.8 Å². The Balaban J connectivity index is 3.47. The Labute approximate surface area is 124 Å². The lowest BCUT2D eigenvalue weighted by Gasteiger charge is -2.15. The average Bonchev–Trinajstić information content (AvgIpc) is 2.46. The molecule has 0 saturated carbocycles. The van der Waals surface area contributed by atoms with Crippen LogP contribution in [0.25, 0.3) is 0 Å². The van der Waals surface area contributed by atoms with Crippen molar-refractivity contribution in [2.24, 2.45) is 0 Å². The molecule has 0 N–H and O–H groups in total. The predicted molar refractivity (Wildman–Crippen MR) is 80.9 cm³/mol.